The van der Waals surface area contributed by atoms with Crippen LogP contribution in [0.5, 0.6) is 0 Å². The normalized spacial score (nSPS) is 56.5. The maximum atomic E-state index is 2.68. The lowest BCUT2D eigenvalue weighted by molar-refractivity contribution is -0.205. The third-order valence-electron chi connectivity index (χ3n) is 11.5. The van der Waals surface area contributed by atoms with Gasteiger partial charge in [-0.25, -0.2) is 0 Å². The SMILES string of the molecule is CCCC1(C)C(C)C2C(C)C(C)C2(C2CC(C)(C)C(C)C2C)C1(C)C. The van der Waals surface area contributed by atoms with Gasteiger partial charge in [0.25, 0.3) is 0 Å². The van der Waals surface area contributed by atoms with Crippen LogP contribution < -0.4 is 0 Å². The molecule has 0 aromatic rings. The van der Waals surface area contributed by atoms with Crippen molar-refractivity contribution in [1.29, 1.82) is 0 Å². The first-order valence-corrected chi connectivity index (χ1v) is 11.3. The lowest BCUT2D eigenvalue weighted by Crippen LogP contribution is -2.63. The molecule has 0 amide bonds. The van der Waals surface area contributed by atoms with Crippen LogP contribution in [0.2, 0.25) is 0 Å². The van der Waals surface area contributed by atoms with E-state index >= 15 is 0 Å². The van der Waals surface area contributed by atoms with Gasteiger partial charge in [0.15, 0.2) is 0 Å². The third kappa shape index (κ3) is 1.96. The lowest BCUT2D eigenvalue weighted by Gasteiger charge is -2.67. The summed E-state index contributed by atoms with van der Waals surface area (Å²) < 4.78 is 0. The van der Waals surface area contributed by atoms with Gasteiger partial charge in [0.05, 0.1) is 0 Å². The molecule has 0 heterocycles. The summed E-state index contributed by atoms with van der Waals surface area (Å²) in [6.45, 7) is 28.5. The molecule has 0 nitrogen and oxygen atoms in total. The molecule has 0 spiro atoms. The van der Waals surface area contributed by atoms with Gasteiger partial charge >= 0.3 is 0 Å². The van der Waals surface area contributed by atoms with Gasteiger partial charge in [-0.05, 0) is 75.9 Å². The molecule has 3 rings (SSSR count). The second-order valence-electron chi connectivity index (χ2n) is 12.1. The monoisotopic (exact) mass is 346 g/mol. The summed E-state index contributed by atoms with van der Waals surface area (Å²) >= 11 is 0. The Morgan fingerprint density at radius 1 is 0.760 bits per heavy atom. The van der Waals surface area contributed by atoms with Gasteiger partial charge in [0.2, 0.25) is 0 Å². The van der Waals surface area contributed by atoms with Crippen LogP contribution in [0.4, 0.5) is 0 Å². The highest BCUT2D eigenvalue weighted by atomic mass is 14.8. The Balaban J connectivity index is 2.15. The molecule has 146 valence electrons. The zero-order valence-electron chi connectivity index (χ0n) is 19.2. The summed E-state index contributed by atoms with van der Waals surface area (Å²) in [5, 5.41) is 0. The Morgan fingerprint density at radius 3 is 1.76 bits per heavy atom. The van der Waals surface area contributed by atoms with E-state index in [9.17, 15) is 0 Å². The Labute approximate surface area is 158 Å². The Bertz CT molecular complexity index is 528. The number of hydrogen-bond donors (Lipinski definition) is 0. The van der Waals surface area contributed by atoms with Crippen LogP contribution >= 0.6 is 0 Å². The van der Waals surface area contributed by atoms with E-state index in [4.69, 9.17) is 0 Å². The first kappa shape index (κ1) is 19.8. The molecule has 9 atom stereocenters. The van der Waals surface area contributed by atoms with Crippen molar-refractivity contribution in [1.82, 2.24) is 0 Å². The molecule has 0 bridgehead atoms. The fraction of sp³-hybridized carbons (Fsp3) is 1.00. The van der Waals surface area contributed by atoms with E-state index in [1.54, 1.807) is 0 Å². The van der Waals surface area contributed by atoms with Gasteiger partial charge in [0.1, 0.15) is 0 Å². The topological polar surface area (TPSA) is 0 Å². The quantitative estimate of drug-likeness (QED) is 0.491. The lowest BCUT2D eigenvalue weighted by atomic mass is 9.37. The predicted molar refractivity (Wildman–Crippen MR) is 110 cm³/mol. The third-order valence-corrected chi connectivity index (χ3v) is 11.5. The Hall–Kier alpha value is 0. The van der Waals surface area contributed by atoms with Gasteiger partial charge < -0.3 is 0 Å². The van der Waals surface area contributed by atoms with Crippen molar-refractivity contribution in [2.45, 2.75) is 95.4 Å². The highest BCUT2D eigenvalue weighted by molar-refractivity contribution is 5.26. The summed E-state index contributed by atoms with van der Waals surface area (Å²) in [4.78, 5) is 0. The largest absolute Gasteiger partial charge is 0.0654 e. The van der Waals surface area contributed by atoms with Crippen LogP contribution in [-0.4, -0.2) is 0 Å². The molecule has 3 aliphatic rings. The molecule has 0 aromatic heterocycles. The first-order valence-electron chi connectivity index (χ1n) is 11.3. The molecule has 0 heteroatoms. The van der Waals surface area contributed by atoms with Gasteiger partial charge in [-0.1, -0.05) is 82.6 Å². The van der Waals surface area contributed by atoms with E-state index in [1.165, 1.54) is 19.3 Å². The molecule has 0 aromatic carbocycles. The molecular weight excluding hydrogens is 300 g/mol. The maximum Gasteiger partial charge on any atom is -0.0148 e. The van der Waals surface area contributed by atoms with Crippen LogP contribution in [0.15, 0.2) is 0 Å². The number of fused-ring (bicyclic) bond motifs is 1. The highest BCUT2D eigenvalue weighted by Crippen LogP contribution is 2.84. The van der Waals surface area contributed by atoms with E-state index in [-0.39, 0.29) is 0 Å². The Morgan fingerprint density at radius 2 is 1.32 bits per heavy atom. The van der Waals surface area contributed by atoms with Crippen LogP contribution in [-0.2, 0) is 0 Å². The van der Waals surface area contributed by atoms with Crippen LogP contribution in [0, 0.1) is 63.1 Å². The van der Waals surface area contributed by atoms with E-state index < -0.39 is 0 Å². The molecule has 0 radical (unpaired) electrons. The van der Waals surface area contributed by atoms with E-state index in [2.05, 4.69) is 76.2 Å². The van der Waals surface area contributed by atoms with Gasteiger partial charge in [-0.3, -0.25) is 0 Å². The molecule has 3 fully saturated rings. The minimum atomic E-state index is 0.436. The molecular formula is C25H46. The summed E-state index contributed by atoms with van der Waals surface area (Å²) in [7, 11) is 0. The average molecular weight is 347 g/mol. The van der Waals surface area contributed by atoms with Crippen molar-refractivity contribution in [2.75, 3.05) is 0 Å². The summed E-state index contributed by atoms with van der Waals surface area (Å²) in [5.74, 6) is 6.19. The maximum absolute atomic E-state index is 2.68. The Kier molecular flexibility index (Phi) is 4.35. The second kappa shape index (κ2) is 5.51. The molecule has 3 saturated carbocycles. The standard InChI is InChI=1S/C25H46/c1-12-13-24(11)19(6)21-16(3)18(5)25(21,23(24,9)10)20-14-22(7,8)17(4)15(20)2/h15-21H,12-14H2,1-11H3. The highest BCUT2D eigenvalue weighted by Gasteiger charge is 2.79. The smallest absolute Gasteiger partial charge is 0.0148 e. The molecule has 3 aliphatic carbocycles. The van der Waals surface area contributed by atoms with Gasteiger partial charge in [-0.2, -0.15) is 0 Å². The zero-order chi connectivity index (χ0) is 19.2. The van der Waals surface area contributed by atoms with E-state index in [1.807, 2.05) is 0 Å². The first-order chi connectivity index (χ1) is 11.3. The van der Waals surface area contributed by atoms with Gasteiger partial charge in [-0.15, -0.1) is 0 Å². The van der Waals surface area contributed by atoms with Crippen molar-refractivity contribution in [3.05, 3.63) is 0 Å². The van der Waals surface area contributed by atoms with Crippen LogP contribution in [0.3, 0.4) is 0 Å². The molecule has 25 heavy (non-hydrogen) atoms. The van der Waals surface area contributed by atoms with Crippen molar-refractivity contribution >= 4 is 0 Å². The van der Waals surface area contributed by atoms with E-state index in [0.29, 0.717) is 21.7 Å². The predicted octanol–water partition coefficient (Wildman–Crippen LogP) is 7.68. The second-order valence-corrected chi connectivity index (χ2v) is 12.1. The van der Waals surface area contributed by atoms with Crippen molar-refractivity contribution in [3.63, 3.8) is 0 Å². The minimum Gasteiger partial charge on any atom is -0.0654 e. The molecule has 0 aliphatic heterocycles. The van der Waals surface area contributed by atoms with Crippen LogP contribution in [0.1, 0.15) is 95.4 Å². The summed E-state index contributed by atoms with van der Waals surface area (Å²) in [6.07, 6.45) is 4.18. The van der Waals surface area contributed by atoms with Crippen molar-refractivity contribution < 1.29 is 0 Å². The van der Waals surface area contributed by atoms with Crippen LogP contribution in [0.25, 0.3) is 0 Å². The van der Waals surface area contributed by atoms with E-state index in [0.717, 1.165) is 41.4 Å². The number of rotatable bonds is 3. The fourth-order valence-electron chi connectivity index (χ4n) is 9.39. The fourth-order valence-corrected chi connectivity index (χ4v) is 9.39. The summed E-state index contributed by atoms with van der Waals surface area (Å²) in [6, 6.07) is 0. The van der Waals surface area contributed by atoms with Crippen molar-refractivity contribution in [2.24, 2.45) is 63.1 Å². The average Bonchev–Trinajstić information content (AvgIpc) is 2.79. The molecule has 0 saturated heterocycles. The molecule has 9 unspecified atom stereocenters. The minimum absolute atomic E-state index is 0.436. The molecule has 0 N–H and O–H groups in total. The number of hydrogen-bond acceptors (Lipinski definition) is 0. The zero-order valence-corrected chi connectivity index (χ0v) is 19.2. The van der Waals surface area contributed by atoms with Gasteiger partial charge in [0, 0.05) is 0 Å². The van der Waals surface area contributed by atoms with Crippen molar-refractivity contribution in [3.8, 4) is 0 Å². The summed E-state index contributed by atoms with van der Waals surface area (Å²) in [5.41, 5.74) is 1.98.